The van der Waals surface area contributed by atoms with E-state index in [-0.39, 0.29) is 17.0 Å². The molecule has 1 aromatic carbocycles. The largest absolute Gasteiger partial charge is 0.508 e. The van der Waals surface area contributed by atoms with E-state index in [1.807, 2.05) is 6.07 Å². The molecule has 0 fully saturated rings. The van der Waals surface area contributed by atoms with Crippen molar-refractivity contribution in [1.29, 1.82) is 0 Å². The minimum absolute atomic E-state index is 0. The highest BCUT2D eigenvalue weighted by molar-refractivity contribution is 8.93. The summed E-state index contributed by atoms with van der Waals surface area (Å²) in [5.41, 5.74) is 2.46. The van der Waals surface area contributed by atoms with E-state index in [1.54, 1.807) is 6.07 Å². The number of hydrogen-bond acceptors (Lipinski definition) is 2. The summed E-state index contributed by atoms with van der Waals surface area (Å²) in [6.45, 7) is 3.13. The topological polar surface area (TPSA) is 32.3 Å². The lowest BCUT2D eigenvalue weighted by Crippen LogP contribution is -2.34. The molecule has 0 bridgehead atoms. The van der Waals surface area contributed by atoms with E-state index in [0.717, 1.165) is 24.9 Å². The SMILES string of the molecule is Br.CCNC1CCc2cccc(O)c2C1. The van der Waals surface area contributed by atoms with Crippen LogP contribution in [0.2, 0.25) is 0 Å². The second-order valence-electron chi connectivity index (χ2n) is 3.91. The van der Waals surface area contributed by atoms with Gasteiger partial charge in [-0.25, -0.2) is 0 Å². The summed E-state index contributed by atoms with van der Waals surface area (Å²) in [7, 11) is 0. The predicted octanol–water partition coefficient (Wildman–Crippen LogP) is 2.44. The molecule has 2 rings (SSSR count). The van der Waals surface area contributed by atoms with E-state index >= 15 is 0 Å². The number of aryl methyl sites for hydroxylation is 1. The van der Waals surface area contributed by atoms with E-state index in [9.17, 15) is 5.11 Å². The highest BCUT2D eigenvalue weighted by Gasteiger charge is 2.19. The molecule has 1 aromatic rings. The van der Waals surface area contributed by atoms with Crippen molar-refractivity contribution in [2.24, 2.45) is 0 Å². The van der Waals surface area contributed by atoms with Gasteiger partial charge in [0.1, 0.15) is 5.75 Å². The molecule has 15 heavy (non-hydrogen) atoms. The lowest BCUT2D eigenvalue weighted by atomic mass is 9.88. The van der Waals surface area contributed by atoms with Gasteiger partial charge in [0.25, 0.3) is 0 Å². The Hall–Kier alpha value is -0.540. The molecule has 0 aliphatic heterocycles. The molecule has 0 saturated heterocycles. The summed E-state index contributed by atoms with van der Waals surface area (Å²) in [6, 6.07) is 6.38. The Bertz CT molecular complexity index is 327. The molecule has 2 nitrogen and oxygen atoms in total. The van der Waals surface area contributed by atoms with Crippen molar-refractivity contribution in [3.63, 3.8) is 0 Å². The molecule has 0 heterocycles. The molecule has 84 valence electrons. The fourth-order valence-electron chi connectivity index (χ4n) is 2.23. The van der Waals surface area contributed by atoms with Gasteiger partial charge >= 0.3 is 0 Å². The number of nitrogens with one attached hydrogen (secondary N) is 1. The zero-order valence-electron chi connectivity index (χ0n) is 8.99. The second-order valence-corrected chi connectivity index (χ2v) is 3.91. The summed E-state index contributed by atoms with van der Waals surface area (Å²) in [6.07, 6.45) is 3.24. The Morgan fingerprint density at radius 3 is 3.00 bits per heavy atom. The van der Waals surface area contributed by atoms with Crippen LogP contribution in [0.1, 0.15) is 24.5 Å². The molecule has 0 amide bonds. The third-order valence-corrected chi connectivity index (χ3v) is 2.95. The number of hydrogen-bond donors (Lipinski definition) is 2. The number of halogens is 1. The van der Waals surface area contributed by atoms with E-state index in [2.05, 4.69) is 18.3 Å². The maximum Gasteiger partial charge on any atom is 0.119 e. The number of likely N-dealkylation sites (N-methyl/N-ethyl adjacent to an activating group) is 1. The van der Waals surface area contributed by atoms with Crippen LogP contribution in [-0.4, -0.2) is 17.7 Å². The standard InChI is InChI=1S/C12H17NO.BrH/c1-2-13-10-7-6-9-4-3-5-12(14)11(9)8-10;/h3-5,10,13-14H,2,6-8H2,1H3;1H. The molecule has 0 saturated carbocycles. The predicted molar refractivity (Wildman–Crippen MR) is 67.9 cm³/mol. The monoisotopic (exact) mass is 271 g/mol. The lowest BCUT2D eigenvalue weighted by Gasteiger charge is -2.25. The first-order chi connectivity index (χ1) is 6.81. The van der Waals surface area contributed by atoms with Gasteiger partial charge in [-0.05, 0) is 43.0 Å². The molecular formula is C12H18BrNO. The zero-order chi connectivity index (χ0) is 9.97. The Labute approximate surface area is 101 Å². The van der Waals surface area contributed by atoms with Gasteiger partial charge in [-0.3, -0.25) is 0 Å². The van der Waals surface area contributed by atoms with Crippen LogP contribution < -0.4 is 5.32 Å². The van der Waals surface area contributed by atoms with Gasteiger partial charge in [-0.2, -0.15) is 0 Å². The summed E-state index contributed by atoms with van der Waals surface area (Å²) in [5.74, 6) is 0.463. The van der Waals surface area contributed by atoms with Crippen LogP contribution in [0.5, 0.6) is 5.75 Å². The van der Waals surface area contributed by atoms with Crippen LogP contribution in [0, 0.1) is 0 Å². The van der Waals surface area contributed by atoms with Crippen LogP contribution in [-0.2, 0) is 12.8 Å². The van der Waals surface area contributed by atoms with Crippen LogP contribution >= 0.6 is 17.0 Å². The summed E-state index contributed by atoms with van der Waals surface area (Å²) in [4.78, 5) is 0. The first kappa shape index (κ1) is 12.5. The van der Waals surface area contributed by atoms with Crippen molar-refractivity contribution < 1.29 is 5.11 Å². The van der Waals surface area contributed by atoms with Gasteiger partial charge in [-0.1, -0.05) is 19.1 Å². The molecule has 1 unspecified atom stereocenters. The lowest BCUT2D eigenvalue weighted by molar-refractivity contribution is 0.432. The van der Waals surface area contributed by atoms with Crippen molar-refractivity contribution in [3.8, 4) is 5.75 Å². The highest BCUT2D eigenvalue weighted by atomic mass is 79.9. The molecule has 0 radical (unpaired) electrons. The molecule has 0 aromatic heterocycles. The molecule has 2 N–H and O–H groups in total. The fourth-order valence-corrected chi connectivity index (χ4v) is 2.23. The number of phenolic OH excluding ortho intramolecular Hbond substituents is 1. The van der Waals surface area contributed by atoms with Gasteiger partial charge in [0.05, 0.1) is 0 Å². The van der Waals surface area contributed by atoms with Crippen molar-refractivity contribution in [3.05, 3.63) is 29.3 Å². The first-order valence-corrected chi connectivity index (χ1v) is 5.34. The van der Waals surface area contributed by atoms with Crippen LogP contribution in [0.3, 0.4) is 0 Å². The van der Waals surface area contributed by atoms with Gasteiger partial charge < -0.3 is 10.4 Å². The quantitative estimate of drug-likeness (QED) is 0.866. The number of rotatable bonds is 2. The average Bonchev–Trinajstić information content (AvgIpc) is 2.20. The number of aromatic hydroxyl groups is 1. The minimum atomic E-state index is 0. The number of benzene rings is 1. The maximum absolute atomic E-state index is 9.71. The summed E-state index contributed by atoms with van der Waals surface area (Å²) < 4.78 is 0. The van der Waals surface area contributed by atoms with Gasteiger partial charge in [0, 0.05) is 6.04 Å². The third kappa shape index (κ3) is 2.73. The normalized spacial score (nSPS) is 19.1. The Morgan fingerprint density at radius 1 is 1.47 bits per heavy atom. The Kier molecular flexibility index (Phi) is 4.61. The molecule has 1 atom stereocenters. The maximum atomic E-state index is 9.71. The summed E-state index contributed by atoms with van der Waals surface area (Å²) >= 11 is 0. The van der Waals surface area contributed by atoms with E-state index in [0.29, 0.717) is 11.8 Å². The van der Waals surface area contributed by atoms with Gasteiger partial charge in [0.15, 0.2) is 0 Å². The van der Waals surface area contributed by atoms with E-state index in [4.69, 9.17) is 0 Å². The van der Waals surface area contributed by atoms with Gasteiger partial charge in [-0.15, -0.1) is 17.0 Å². The third-order valence-electron chi connectivity index (χ3n) is 2.95. The van der Waals surface area contributed by atoms with Crippen LogP contribution in [0.4, 0.5) is 0 Å². The molecule has 1 aliphatic rings. The number of phenols is 1. The van der Waals surface area contributed by atoms with Crippen molar-refractivity contribution in [2.45, 2.75) is 32.2 Å². The molecule has 1 aliphatic carbocycles. The van der Waals surface area contributed by atoms with Crippen molar-refractivity contribution in [2.75, 3.05) is 6.54 Å². The van der Waals surface area contributed by atoms with Crippen LogP contribution in [0.25, 0.3) is 0 Å². The van der Waals surface area contributed by atoms with Gasteiger partial charge in [0.2, 0.25) is 0 Å². The average molecular weight is 272 g/mol. The van der Waals surface area contributed by atoms with Crippen molar-refractivity contribution >= 4 is 17.0 Å². The summed E-state index contributed by atoms with van der Waals surface area (Å²) in [5, 5.41) is 13.2. The second kappa shape index (κ2) is 5.52. The van der Waals surface area contributed by atoms with Crippen molar-refractivity contribution in [1.82, 2.24) is 5.32 Å². The minimum Gasteiger partial charge on any atom is -0.508 e. The highest BCUT2D eigenvalue weighted by Crippen LogP contribution is 2.28. The molecule has 3 heteroatoms. The number of fused-ring (bicyclic) bond motifs is 1. The molecule has 0 spiro atoms. The Balaban J connectivity index is 0.00000112. The first-order valence-electron chi connectivity index (χ1n) is 5.34. The zero-order valence-corrected chi connectivity index (χ0v) is 10.7. The van der Waals surface area contributed by atoms with E-state index in [1.165, 1.54) is 12.0 Å². The Morgan fingerprint density at radius 2 is 2.27 bits per heavy atom. The molecular weight excluding hydrogens is 254 g/mol. The van der Waals surface area contributed by atoms with Crippen LogP contribution in [0.15, 0.2) is 18.2 Å². The smallest absolute Gasteiger partial charge is 0.119 e. The van der Waals surface area contributed by atoms with E-state index < -0.39 is 0 Å². The fraction of sp³-hybridized carbons (Fsp3) is 0.500.